The first-order valence-corrected chi connectivity index (χ1v) is 12.1. The fourth-order valence-electron chi connectivity index (χ4n) is 4.59. The van der Waals surface area contributed by atoms with Crippen LogP contribution in [0.1, 0.15) is 24.8 Å². The highest BCUT2D eigenvalue weighted by atomic mass is 19.1. The molecule has 8 nitrogen and oxygen atoms in total. The first kappa shape index (κ1) is 24.1. The van der Waals surface area contributed by atoms with E-state index in [2.05, 4.69) is 25.1 Å². The van der Waals surface area contributed by atoms with E-state index in [9.17, 15) is 14.0 Å². The van der Waals surface area contributed by atoms with Crippen LogP contribution >= 0.6 is 0 Å². The standard InChI is InChI=1S/C25H33FN6O2/c26-22-7-5-20(6-8-22)18-23(33)32-13-1-4-21(19-32)24(34)27-11-3-12-30-14-16-31(17-15-30)25-28-9-2-10-29-25/h2,5-10,21H,1,3-4,11-19H2,(H,27,34). The summed E-state index contributed by atoms with van der Waals surface area (Å²) in [5.41, 5.74) is 0.787. The topological polar surface area (TPSA) is 81.7 Å². The molecule has 1 aromatic heterocycles. The van der Waals surface area contributed by atoms with Crippen LogP contribution in [0.25, 0.3) is 0 Å². The summed E-state index contributed by atoms with van der Waals surface area (Å²) in [6.07, 6.45) is 6.29. The third-order valence-corrected chi connectivity index (χ3v) is 6.57. The number of piperidine rings is 1. The molecular formula is C25H33FN6O2. The Balaban J connectivity index is 1.13. The summed E-state index contributed by atoms with van der Waals surface area (Å²) in [5, 5.41) is 3.07. The van der Waals surface area contributed by atoms with Crippen molar-refractivity contribution in [3.8, 4) is 0 Å². The molecule has 0 saturated carbocycles. The lowest BCUT2D eigenvalue weighted by molar-refractivity contribution is -0.135. The number of carbonyl (C=O) groups excluding carboxylic acids is 2. The number of nitrogens with one attached hydrogen (secondary N) is 1. The Morgan fingerprint density at radius 3 is 2.50 bits per heavy atom. The SMILES string of the molecule is O=C(NCCCN1CCN(c2ncccn2)CC1)C1CCCN(C(=O)Cc2ccc(F)cc2)C1. The number of benzene rings is 1. The molecule has 2 aliphatic rings. The summed E-state index contributed by atoms with van der Waals surface area (Å²) in [6, 6.07) is 7.83. The lowest BCUT2D eigenvalue weighted by Crippen LogP contribution is -2.48. The molecule has 1 aromatic carbocycles. The Labute approximate surface area is 200 Å². The van der Waals surface area contributed by atoms with Gasteiger partial charge in [0.05, 0.1) is 12.3 Å². The first-order valence-electron chi connectivity index (χ1n) is 12.1. The van der Waals surface area contributed by atoms with E-state index in [0.29, 0.717) is 19.6 Å². The summed E-state index contributed by atoms with van der Waals surface area (Å²) in [7, 11) is 0. The molecule has 0 aliphatic carbocycles. The molecule has 2 saturated heterocycles. The second-order valence-electron chi connectivity index (χ2n) is 9.00. The Morgan fingerprint density at radius 1 is 1.03 bits per heavy atom. The quantitative estimate of drug-likeness (QED) is 0.595. The fourth-order valence-corrected chi connectivity index (χ4v) is 4.59. The second-order valence-corrected chi connectivity index (χ2v) is 9.00. The molecule has 1 unspecified atom stereocenters. The molecule has 1 atom stereocenters. The number of amides is 2. The number of nitrogens with zero attached hydrogens (tertiary/aromatic N) is 5. The molecule has 0 bridgehead atoms. The Hall–Kier alpha value is -3.07. The van der Waals surface area contributed by atoms with Gasteiger partial charge in [-0.2, -0.15) is 0 Å². The monoisotopic (exact) mass is 468 g/mol. The number of hydrogen-bond donors (Lipinski definition) is 1. The number of piperazine rings is 1. The van der Waals surface area contributed by atoms with E-state index in [1.807, 2.05) is 6.07 Å². The Kier molecular flexibility index (Phi) is 8.41. The molecule has 2 amide bonds. The fraction of sp³-hybridized carbons (Fsp3) is 0.520. The molecule has 0 spiro atoms. The lowest BCUT2D eigenvalue weighted by atomic mass is 9.96. The maximum Gasteiger partial charge on any atom is 0.227 e. The maximum absolute atomic E-state index is 13.1. The van der Waals surface area contributed by atoms with Gasteiger partial charge in [0.25, 0.3) is 0 Å². The highest BCUT2D eigenvalue weighted by Gasteiger charge is 2.28. The maximum atomic E-state index is 13.1. The summed E-state index contributed by atoms with van der Waals surface area (Å²) in [4.78, 5) is 40.4. The third-order valence-electron chi connectivity index (χ3n) is 6.57. The van der Waals surface area contributed by atoms with Gasteiger partial charge in [-0.05, 0) is 49.6 Å². The van der Waals surface area contributed by atoms with Crippen molar-refractivity contribution in [2.24, 2.45) is 5.92 Å². The molecule has 3 heterocycles. The number of anilines is 1. The van der Waals surface area contributed by atoms with Gasteiger partial charge < -0.3 is 15.1 Å². The zero-order valence-electron chi connectivity index (χ0n) is 19.5. The third kappa shape index (κ3) is 6.72. The zero-order valence-corrected chi connectivity index (χ0v) is 19.5. The number of aromatic nitrogens is 2. The van der Waals surface area contributed by atoms with Gasteiger partial charge in [-0.15, -0.1) is 0 Å². The summed E-state index contributed by atoms with van der Waals surface area (Å²) in [5.74, 6) is 0.330. The van der Waals surface area contributed by atoms with Crippen molar-refractivity contribution in [1.29, 1.82) is 0 Å². The van der Waals surface area contributed by atoms with E-state index in [0.717, 1.165) is 63.5 Å². The molecule has 4 rings (SSSR count). The van der Waals surface area contributed by atoms with Gasteiger partial charge in [-0.25, -0.2) is 14.4 Å². The highest BCUT2D eigenvalue weighted by molar-refractivity contribution is 5.82. The summed E-state index contributed by atoms with van der Waals surface area (Å²) < 4.78 is 13.1. The van der Waals surface area contributed by atoms with E-state index >= 15 is 0 Å². The molecule has 0 radical (unpaired) electrons. The average Bonchev–Trinajstić information content (AvgIpc) is 2.89. The van der Waals surface area contributed by atoms with Crippen LogP contribution in [0, 0.1) is 11.7 Å². The molecule has 2 aromatic rings. The van der Waals surface area contributed by atoms with Crippen molar-refractivity contribution < 1.29 is 14.0 Å². The van der Waals surface area contributed by atoms with Gasteiger partial charge in [0, 0.05) is 58.2 Å². The predicted molar refractivity (Wildman–Crippen MR) is 128 cm³/mol. The molecule has 2 fully saturated rings. The van der Waals surface area contributed by atoms with Crippen LogP contribution in [0.3, 0.4) is 0 Å². The van der Waals surface area contributed by atoms with E-state index in [1.54, 1.807) is 29.4 Å². The molecule has 9 heteroatoms. The van der Waals surface area contributed by atoms with Gasteiger partial charge >= 0.3 is 0 Å². The van der Waals surface area contributed by atoms with Gasteiger partial charge in [-0.3, -0.25) is 14.5 Å². The number of halogens is 1. The van der Waals surface area contributed by atoms with Crippen molar-refractivity contribution in [3.05, 3.63) is 54.1 Å². The molecule has 34 heavy (non-hydrogen) atoms. The largest absolute Gasteiger partial charge is 0.356 e. The first-order chi connectivity index (χ1) is 16.6. The molecule has 182 valence electrons. The Bertz CT molecular complexity index is 934. The number of likely N-dealkylation sites (tertiary alicyclic amines) is 1. The van der Waals surface area contributed by atoms with Crippen LogP contribution in [0.5, 0.6) is 0 Å². The number of rotatable bonds is 8. The van der Waals surface area contributed by atoms with E-state index < -0.39 is 0 Å². The predicted octanol–water partition coefficient (Wildman–Crippen LogP) is 1.73. The Morgan fingerprint density at radius 2 is 1.76 bits per heavy atom. The van der Waals surface area contributed by atoms with E-state index in [-0.39, 0.29) is 30.0 Å². The highest BCUT2D eigenvalue weighted by Crippen LogP contribution is 2.18. The van der Waals surface area contributed by atoms with Gasteiger partial charge in [0.1, 0.15) is 5.82 Å². The molecular weight excluding hydrogens is 435 g/mol. The van der Waals surface area contributed by atoms with E-state index in [1.165, 1.54) is 12.1 Å². The smallest absolute Gasteiger partial charge is 0.227 e. The van der Waals surface area contributed by atoms with Crippen molar-refractivity contribution >= 4 is 17.8 Å². The second kappa shape index (κ2) is 11.9. The van der Waals surface area contributed by atoms with E-state index in [4.69, 9.17) is 0 Å². The van der Waals surface area contributed by atoms with Crippen molar-refractivity contribution in [2.45, 2.75) is 25.7 Å². The minimum absolute atomic E-state index is 0.0100. The van der Waals surface area contributed by atoms with Crippen molar-refractivity contribution in [3.63, 3.8) is 0 Å². The van der Waals surface area contributed by atoms with Crippen LogP contribution in [0.4, 0.5) is 10.3 Å². The molecule has 2 aliphatic heterocycles. The van der Waals surface area contributed by atoms with Crippen LogP contribution in [-0.2, 0) is 16.0 Å². The van der Waals surface area contributed by atoms with Gasteiger partial charge in [0.15, 0.2) is 0 Å². The van der Waals surface area contributed by atoms with Crippen LogP contribution in [-0.4, -0.2) is 83.9 Å². The van der Waals surface area contributed by atoms with Gasteiger partial charge in [-0.1, -0.05) is 12.1 Å². The van der Waals surface area contributed by atoms with Gasteiger partial charge in [0.2, 0.25) is 17.8 Å². The minimum atomic E-state index is -0.310. The van der Waals surface area contributed by atoms with Crippen molar-refractivity contribution in [1.82, 2.24) is 25.1 Å². The average molecular weight is 469 g/mol. The summed E-state index contributed by atoms with van der Waals surface area (Å²) in [6.45, 7) is 6.43. The summed E-state index contributed by atoms with van der Waals surface area (Å²) >= 11 is 0. The zero-order chi connectivity index (χ0) is 23.8. The molecule has 1 N–H and O–H groups in total. The van der Waals surface area contributed by atoms with Crippen LogP contribution in [0.2, 0.25) is 0 Å². The van der Waals surface area contributed by atoms with Crippen LogP contribution in [0.15, 0.2) is 42.7 Å². The lowest BCUT2D eigenvalue weighted by Gasteiger charge is -2.34. The normalized spacial score (nSPS) is 19.1. The van der Waals surface area contributed by atoms with Crippen LogP contribution < -0.4 is 10.2 Å². The van der Waals surface area contributed by atoms with Crippen molar-refractivity contribution in [2.75, 3.05) is 57.3 Å². The minimum Gasteiger partial charge on any atom is -0.356 e. The number of hydrogen-bond acceptors (Lipinski definition) is 6. The number of carbonyl (C=O) groups is 2.